The van der Waals surface area contributed by atoms with Gasteiger partial charge in [0.25, 0.3) is 5.56 Å². The highest BCUT2D eigenvalue weighted by Crippen LogP contribution is 2.27. The lowest BCUT2D eigenvalue weighted by atomic mass is 10.4. The molecule has 0 saturated heterocycles. The number of alkyl halides is 3. The van der Waals surface area contributed by atoms with E-state index in [0.717, 1.165) is 15.9 Å². The van der Waals surface area contributed by atoms with Crippen LogP contribution in [-0.4, -0.2) is 21.7 Å². The smallest absolute Gasteiger partial charge is 0.377 e. The van der Waals surface area contributed by atoms with Gasteiger partial charge in [-0.3, -0.25) is 4.79 Å². The van der Waals surface area contributed by atoms with E-state index in [1.165, 1.54) is 7.11 Å². The second-order valence-corrected chi connectivity index (χ2v) is 4.14. The van der Waals surface area contributed by atoms with Crippen LogP contribution in [0, 0.1) is 0 Å². The molecule has 0 saturated carbocycles. The molecule has 9 heteroatoms. The van der Waals surface area contributed by atoms with Gasteiger partial charge >= 0.3 is 6.18 Å². The standard InChI is InChI=1S/C8H6F3N3O2S/c1-16-3-5-13-14-6(15)2-4(8(9,10)11)12-7(14)17-5/h2H,3H2,1H3. The van der Waals surface area contributed by atoms with Crippen molar-refractivity contribution < 1.29 is 17.9 Å². The van der Waals surface area contributed by atoms with E-state index in [9.17, 15) is 18.0 Å². The number of nitrogens with zero attached hydrogens (tertiary/aromatic N) is 3. The minimum Gasteiger partial charge on any atom is -0.377 e. The predicted octanol–water partition coefficient (Wildman–Crippen LogP) is 1.32. The van der Waals surface area contributed by atoms with Crippen LogP contribution in [0.1, 0.15) is 10.7 Å². The Morgan fingerprint density at radius 1 is 1.53 bits per heavy atom. The summed E-state index contributed by atoms with van der Waals surface area (Å²) < 4.78 is 42.8. The average molecular weight is 265 g/mol. The van der Waals surface area contributed by atoms with Crippen LogP contribution in [0.4, 0.5) is 13.2 Å². The molecule has 2 heterocycles. The number of rotatable bonds is 2. The number of fused-ring (bicyclic) bond motifs is 1. The fourth-order valence-electron chi connectivity index (χ4n) is 1.18. The summed E-state index contributed by atoms with van der Waals surface area (Å²) in [5.74, 6) is 0. The molecule has 92 valence electrons. The molecule has 0 atom stereocenters. The average Bonchev–Trinajstić information content (AvgIpc) is 2.60. The van der Waals surface area contributed by atoms with Crippen LogP contribution in [0.5, 0.6) is 0 Å². The summed E-state index contributed by atoms with van der Waals surface area (Å²) in [6.45, 7) is 0.120. The predicted molar refractivity (Wildman–Crippen MR) is 52.8 cm³/mol. The number of hydrogen-bond acceptors (Lipinski definition) is 5. The van der Waals surface area contributed by atoms with E-state index in [4.69, 9.17) is 4.74 Å². The van der Waals surface area contributed by atoms with Gasteiger partial charge in [-0.1, -0.05) is 11.3 Å². The van der Waals surface area contributed by atoms with Gasteiger partial charge in [0.1, 0.15) is 5.01 Å². The molecule has 0 aliphatic rings. The summed E-state index contributed by atoms with van der Waals surface area (Å²) in [5, 5.41) is 4.18. The van der Waals surface area contributed by atoms with Gasteiger partial charge in [0.15, 0.2) is 5.69 Å². The Labute approximate surface area is 96.5 Å². The highest BCUT2D eigenvalue weighted by molar-refractivity contribution is 7.16. The van der Waals surface area contributed by atoms with Crippen LogP contribution in [0.2, 0.25) is 0 Å². The summed E-state index contributed by atoms with van der Waals surface area (Å²) in [5.41, 5.74) is -2.07. The zero-order valence-electron chi connectivity index (χ0n) is 8.48. The maximum atomic E-state index is 12.4. The Kier molecular flexibility index (Phi) is 2.87. The molecule has 0 aromatic carbocycles. The first-order chi connectivity index (χ1) is 7.91. The Hall–Kier alpha value is -1.48. The number of ether oxygens (including phenoxy) is 1. The Balaban J connectivity index is 2.61. The van der Waals surface area contributed by atoms with Gasteiger partial charge < -0.3 is 4.74 Å². The van der Waals surface area contributed by atoms with Crippen molar-refractivity contribution in [2.24, 2.45) is 0 Å². The second-order valence-electron chi connectivity index (χ2n) is 3.10. The van der Waals surface area contributed by atoms with Crippen LogP contribution in [-0.2, 0) is 17.5 Å². The Morgan fingerprint density at radius 3 is 2.82 bits per heavy atom. The van der Waals surface area contributed by atoms with Crippen molar-refractivity contribution in [2.75, 3.05) is 7.11 Å². The Bertz CT molecular complexity index is 604. The molecule has 0 aliphatic carbocycles. The van der Waals surface area contributed by atoms with E-state index in [1.807, 2.05) is 0 Å². The van der Waals surface area contributed by atoms with Crippen molar-refractivity contribution in [1.29, 1.82) is 0 Å². The maximum absolute atomic E-state index is 12.4. The van der Waals surface area contributed by atoms with Crippen LogP contribution in [0.25, 0.3) is 4.96 Å². The molecule has 2 aromatic heterocycles. The van der Waals surface area contributed by atoms with Gasteiger partial charge in [-0.05, 0) is 0 Å². The fraction of sp³-hybridized carbons (Fsp3) is 0.375. The van der Waals surface area contributed by atoms with Gasteiger partial charge in [0, 0.05) is 13.2 Å². The summed E-state index contributed by atoms with van der Waals surface area (Å²) in [6, 6.07) is 0.420. The number of hydrogen-bond donors (Lipinski definition) is 0. The lowest BCUT2D eigenvalue weighted by molar-refractivity contribution is -0.141. The lowest BCUT2D eigenvalue weighted by Gasteiger charge is -2.03. The first-order valence-corrected chi connectivity index (χ1v) is 5.19. The second kappa shape index (κ2) is 4.08. The van der Waals surface area contributed by atoms with Crippen molar-refractivity contribution in [3.63, 3.8) is 0 Å². The normalized spacial score (nSPS) is 12.2. The molecule has 5 nitrogen and oxygen atoms in total. The minimum atomic E-state index is -4.64. The third-order valence-corrected chi connectivity index (χ3v) is 2.73. The number of methoxy groups -OCH3 is 1. The zero-order valence-corrected chi connectivity index (χ0v) is 9.30. The first-order valence-electron chi connectivity index (χ1n) is 4.38. The lowest BCUT2D eigenvalue weighted by Crippen LogP contribution is -2.19. The van der Waals surface area contributed by atoms with Gasteiger partial charge in [-0.2, -0.15) is 22.8 Å². The molecule has 17 heavy (non-hydrogen) atoms. The summed E-state index contributed by atoms with van der Waals surface area (Å²) in [4.78, 5) is 14.6. The highest BCUT2D eigenvalue weighted by Gasteiger charge is 2.33. The monoisotopic (exact) mass is 265 g/mol. The molecule has 0 aliphatic heterocycles. The van der Waals surface area contributed by atoms with E-state index in [1.54, 1.807) is 0 Å². The van der Waals surface area contributed by atoms with Gasteiger partial charge in [-0.25, -0.2) is 4.98 Å². The molecule has 0 N–H and O–H groups in total. The molecule has 0 unspecified atom stereocenters. The van der Waals surface area contributed by atoms with E-state index in [0.29, 0.717) is 11.1 Å². The molecular formula is C8H6F3N3O2S. The van der Waals surface area contributed by atoms with Gasteiger partial charge in [-0.15, -0.1) is 0 Å². The topological polar surface area (TPSA) is 56.5 Å². The van der Waals surface area contributed by atoms with Crippen molar-refractivity contribution in [3.05, 3.63) is 27.1 Å². The molecule has 0 fully saturated rings. The third-order valence-electron chi connectivity index (χ3n) is 1.85. The van der Waals surface area contributed by atoms with Gasteiger partial charge in [0.2, 0.25) is 4.96 Å². The van der Waals surface area contributed by atoms with Crippen molar-refractivity contribution >= 4 is 16.3 Å². The molecule has 2 aromatic rings. The van der Waals surface area contributed by atoms with Crippen LogP contribution in [0.15, 0.2) is 10.9 Å². The molecule has 0 radical (unpaired) electrons. The Morgan fingerprint density at radius 2 is 2.24 bits per heavy atom. The van der Waals surface area contributed by atoms with E-state index >= 15 is 0 Å². The van der Waals surface area contributed by atoms with Crippen LogP contribution in [0.3, 0.4) is 0 Å². The molecular weight excluding hydrogens is 259 g/mol. The summed E-state index contributed by atoms with van der Waals surface area (Å²) >= 11 is 0.882. The summed E-state index contributed by atoms with van der Waals surface area (Å²) in [7, 11) is 1.42. The zero-order chi connectivity index (χ0) is 12.6. The molecule has 0 bridgehead atoms. The molecule has 0 amide bonds. The SMILES string of the molecule is COCc1nn2c(=O)cc(C(F)(F)F)nc2s1. The van der Waals surface area contributed by atoms with E-state index < -0.39 is 17.4 Å². The van der Waals surface area contributed by atoms with E-state index in [2.05, 4.69) is 10.1 Å². The largest absolute Gasteiger partial charge is 0.433 e. The highest BCUT2D eigenvalue weighted by atomic mass is 32.1. The number of aromatic nitrogens is 3. The van der Waals surface area contributed by atoms with Crippen molar-refractivity contribution in [2.45, 2.75) is 12.8 Å². The van der Waals surface area contributed by atoms with Crippen molar-refractivity contribution in [3.8, 4) is 0 Å². The molecule has 2 rings (SSSR count). The quantitative estimate of drug-likeness (QED) is 0.821. The minimum absolute atomic E-state index is 0.100. The van der Waals surface area contributed by atoms with Crippen LogP contribution >= 0.6 is 11.3 Å². The first kappa shape index (κ1) is 12.0. The number of halogens is 3. The van der Waals surface area contributed by atoms with Crippen molar-refractivity contribution in [1.82, 2.24) is 14.6 Å². The third kappa shape index (κ3) is 2.29. The molecule has 0 spiro atoms. The fourth-order valence-corrected chi connectivity index (χ4v) is 2.05. The van der Waals surface area contributed by atoms with Gasteiger partial charge in [0.05, 0.1) is 6.61 Å². The summed E-state index contributed by atoms with van der Waals surface area (Å²) in [6.07, 6.45) is -4.64. The van der Waals surface area contributed by atoms with E-state index in [-0.39, 0.29) is 11.6 Å². The van der Waals surface area contributed by atoms with Crippen LogP contribution < -0.4 is 5.56 Å². The maximum Gasteiger partial charge on any atom is 0.433 e.